The Labute approximate surface area is 142 Å². The molecule has 0 aliphatic heterocycles. The van der Waals surface area contributed by atoms with Crippen molar-refractivity contribution in [3.05, 3.63) is 54.6 Å². The van der Waals surface area contributed by atoms with Crippen molar-refractivity contribution >= 4 is 21.4 Å². The molecular weight excluding hydrogens is 328 g/mol. The van der Waals surface area contributed by atoms with Gasteiger partial charge in [0, 0.05) is 13.1 Å². The molecule has 0 radical (unpaired) electrons. The van der Waals surface area contributed by atoms with Crippen LogP contribution in [0.15, 0.2) is 59.5 Å². The molecule has 130 valence electrons. The lowest BCUT2D eigenvalue weighted by atomic mass is 10.3. The molecule has 1 atom stereocenters. The summed E-state index contributed by atoms with van der Waals surface area (Å²) in [5.41, 5.74) is 0.976. The topological polar surface area (TPSA) is 89.9 Å². The Morgan fingerprint density at radius 2 is 1.71 bits per heavy atom. The first-order valence-corrected chi connectivity index (χ1v) is 9.14. The van der Waals surface area contributed by atoms with Crippen molar-refractivity contribution in [1.29, 1.82) is 0 Å². The summed E-state index contributed by atoms with van der Waals surface area (Å²) in [7, 11) is -3.76. The van der Waals surface area contributed by atoms with Gasteiger partial charge in [0.2, 0.25) is 0 Å². The van der Waals surface area contributed by atoms with E-state index in [1.54, 1.807) is 49.4 Å². The van der Waals surface area contributed by atoms with Gasteiger partial charge in [-0.15, -0.1) is 0 Å². The highest BCUT2D eigenvalue weighted by molar-refractivity contribution is 7.93. The Kier molecular flexibility index (Phi) is 6.19. The van der Waals surface area contributed by atoms with Gasteiger partial charge in [0.05, 0.1) is 24.1 Å². The van der Waals surface area contributed by atoms with E-state index in [2.05, 4.69) is 5.32 Å². The lowest BCUT2D eigenvalue weighted by Gasteiger charge is -2.24. The quantitative estimate of drug-likeness (QED) is 0.674. The number of hydrogen-bond donors (Lipinski definition) is 3. The van der Waals surface area contributed by atoms with Crippen molar-refractivity contribution in [2.75, 3.05) is 29.3 Å². The molecule has 24 heavy (non-hydrogen) atoms. The number of nitrogens with zero attached hydrogens (tertiary/aromatic N) is 1. The average molecular weight is 350 g/mol. The van der Waals surface area contributed by atoms with Crippen LogP contribution in [0, 0.1) is 0 Å². The van der Waals surface area contributed by atoms with Crippen molar-refractivity contribution in [3.8, 4) is 0 Å². The third kappa shape index (κ3) is 4.05. The van der Waals surface area contributed by atoms with Gasteiger partial charge < -0.3 is 15.5 Å². The van der Waals surface area contributed by atoms with Gasteiger partial charge in [-0.2, -0.15) is 0 Å². The van der Waals surface area contributed by atoms with Crippen LogP contribution in [-0.4, -0.2) is 44.4 Å². The third-order valence-corrected chi connectivity index (χ3v) is 5.49. The monoisotopic (exact) mass is 350 g/mol. The van der Waals surface area contributed by atoms with Gasteiger partial charge in [0.25, 0.3) is 10.0 Å². The number of aliphatic hydroxyl groups excluding tert-OH is 2. The van der Waals surface area contributed by atoms with Gasteiger partial charge in [-0.25, -0.2) is 8.42 Å². The smallest absolute Gasteiger partial charge is 0.266 e. The zero-order valence-corrected chi connectivity index (χ0v) is 14.3. The minimum Gasteiger partial charge on any atom is -0.394 e. The molecule has 0 bridgehead atoms. The Morgan fingerprint density at radius 3 is 2.33 bits per heavy atom. The van der Waals surface area contributed by atoms with Crippen LogP contribution in [-0.2, 0) is 10.0 Å². The third-order valence-electron chi connectivity index (χ3n) is 3.53. The summed E-state index contributed by atoms with van der Waals surface area (Å²) < 4.78 is 27.5. The largest absolute Gasteiger partial charge is 0.394 e. The molecule has 0 aliphatic rings. The fourth-order valence-electron chi connectivity index (χ4n) is 2.33. The fraction of sp³-hybridized carbons (Fsp3) is 0.294. The summed E-state index contributed by atoms with van der Waals surface area (Å²) in [6, 6.07) is 15.4. The van der Waals surface area contributed by atoms with E-state index in [1.807, 2.05) is 6.07 Å². The van der Waals surface area contributed by atoms with Crippen molar-refractivity contribution in [2.45, 2.75) is 17.9 Å². The molecule has 2 aromatic rings. The molecule has 7 heteroatoms. The zero-order chi connectivity index (χ0) is 17.6. The molecule has 3 N–H and O–H groups in total. The van der Waals surface area contributed by atoms with E-state index in [9.17, 15) is 13.5 Å². The number of sulfonamides is 1. The lowest BCUT2D eigenvalue weighted by molar-refractivity contribution is 0.105. The predicted molar refractivity (Wildman–Crippen MR) is 94.7 cm³/mol. The minimum absolute atomic E-state index is 0.0560. The zero-order valence-electron chi connectivity index (χ0n) is 13.5. The van der Waals surface area contributed by atoms with E-state index < -0.39 is 22.7 Å². The number of nitrogens with one attached hydrogen (secondary N) is 1. The van der Waals surface area contributed by atoms with Gasteiger partial charge in [0.1, 0.15) is 4.90 Å². The second kappa shape index (κ2) is 8.14. The first kappa shape index (κ1) is 18.3. The van der Waals surface area contributed by atoms with Crippen LogP contribution in [0.3, 0.4) is 0 Å². The fourth-order valence-corrected chi connectivity index (χ4v) is 3.98. The predicted octanol–water partition coefficient (Wildman–Crippen LogP) is 1.67. The summed E-state index contributed by atoms with van der Waals surface area (Å²) >= 11 is 0. The highest BCUT2D eigenvalue weighted by atomic mass is 32.2. The van der Waals surface area contributed by atoms with E-state index >= 15 is 0 Å². The number of rotatable bonds is 8. The molecule has 2 aromatic carbocycles. The normalized spacial score (nSPS) is 12.6. The van der Waals surface area contributed by atoms with E-state index in [1.165, 1.54) is 10.4 Å². The molecule has 0 aromatic heterocycles. The Bertz CT molecular complexity index is 750. The van der Waals surface area contributed by atoms with Crippen LogP contribution in [0.5, 0.6) is 0 Å². The van der Waals surface area contributed by atoms with E-state index in [4.69, 9.17) is 5.11 Å². The summed E-state index contributed by atoms with van der Waals surface area (Å²) in [4.78, 5) is 0.126. The van der Waals surface area contributed by atoms with Crippen molar-refractivity contribution < 1.29 is 18.6 Å². The van der Waals surface area contributed by atoms with Crippen molar-refractivity contribution in [2.24, 2.45) is 0 Å². The molecule has 2 rings (SSSR count). The van der Waals surface area contributed by atoms with Gasteiger partial charge in [-0.1, -0.05) is 30.3 Å². The Morgan fingerprint density at radius 1 is 1.08 bits per heavy atom. The number of benzene rings is 2. The number of hydrogen-bond acceptors (Lipinski definition) is 5. The van der Waals surface area contributed by atoms with Gasteiger partial charge in [-0.3, -0.25) is 4.31 Å². The van der Waals surface area contributed by atoms with Crippen LogP contribution in [0.25, 0.3) is 0 Å². The summed E-state index contributed by atoms with van der Waals surface area (Å²) in [5.74, 6) is 0. The van der Waals surface area contributed by atoms with Crippen LogP contribution in [0.4, 0.5) is 11.4 Å². The number of aliphatic hydroxyl groups is 2. The minimum atomic E-state index is -3.76. The van der Waals surface area contributed by atoms with Crippen LogP contribution < -0.4 is 9.62 Å². The molecular formula is C17H22N2O4S. The maximum absolute atomic E-state index is 13.1. The molecule has 0 spiro atoms. The van der Waals surface area contributed by atoms with Crippen molar-refractivity contribution in [3.63, 3.8) is 0 Å². The van der Waals surface area contributed by atoms with E-state index in [0.717, 1.165) is 0 Å². The van der Waals surface area contributed by atoms with E-state index in [0.29, 0.717) is 17.9 Å². The first-order chi connectivity index (χ1) is 11.5. The second-order valence-electron chi connectivity index (χ2n) is 5.22. The first-order valence-electron chi connectivity index (χ1n) is 7.70. The molecule has 0 saturated heterocycles. The summed E-state index contributed by atoms with van der Waals surface area (Å²) in [6.45, 7) is 1.73. The maximum Gasteiger partial charge on any atom is 0.266 e. The standard InChI is InChI=1S/C17H22N2O4S/c1-2-19(14-8-4-3-5-9-14)24(22,23)17-11-7-6-10-16(17)18-12-15(21)13-20/h3-11,15,18,20-21H,2,12-13H2,1H3. The second-order valence-corrected chi connectivity index (χ2v) is 7.05. The van der Waals surface area contributed by atoms with Crippen molar-refractivity contribution in [1.82, 2.24) is 0 Å². The Balaban J connectivity index is 2.38. The molecule has 0 heterocycles. The lowest BCUT2D eigenvalue weighted by Crippen LogP contribution is -2.32. The van der Waals surface area contributed by atoms with Gasteiger partial charge in [-0.05, 0) is 31.2 Å². The molecule has 0 amide bonds. The molecule has 1 unspecified atom stereocenters. The van der Waals surface area contributed by atoms with Crippen LogP contribution >= 0.6 is 0 Å². The van der Waals surface area contributed by atoms with E-state index in [-0.39, 0.29) is 11.4 Å². The number of anilines is 2. The molecule has 6 nitrogen and oxygen atoms in total. The maximum atomic E-state index is 13.1. The van der Waals surface area contributed by atoms with Gasteiger partial charge in [0.15, 0.2) is 0 Å². The average Bonchev–Trinajstić information content (AvgIpc) is 2.61. The highest BCUT2D eigenvalue weighted by Crippen LogP contribution is 2.28. The van der Waals surface area contributed by atoms with Gasteiger partial charge >= 0.3 is 0 Å². The van der Waals surface area contributed by atoms with Crippen LogP contribution in [0.2, 0.25) is 0 Å². The Hall–Kier alpha value is -2.09. The molecule has 0 fully saturated rings. The van der Waals surface area contributed by atoms with Crippen LogP contribution in [0.1, 0.15) is 6.92 Å². The highest BCUT2D eigenvalue weighted by Gasteiger charge is 2.26. The molecule has 0 saturated carbocycles. The summed E-state index contributed by atoms with van der Waals surface area (Å²) in [6.07, 6.45) is -0.961. The number of para-hydroxylation sites is 2. The molecule has 0 aliphatic carbocycles. The summed E-state index contributed by atoms with van der Waals surface area (Å²) in [5, 5.41) is 21.3. The SMILES string of the molecule is CCN(c1ccccc1)S(=O)(=O)c1ccccc1NCC(O)CO.